The predicted molar refractivity (Wildman–Crippen MR) is 78.9 cm³/mol. The van der Waals surface area contributed by atoms with Crippen molar-refractivity contribution in [3.8, 4) is 0 Å². The maximum atomic E-state index is 11.2. The molecule has 2 atom stereocenters. The van der Waals surface area contributed by atoms with Crippen LogP contribution in [0.4, 0.5) is 0 Å². The van der Waals surface area contributed by atoms with Gasteiger partial charge in [0.25, 0.3) is 10.1 Å². The molecular weight excluding hydrogens is 264 g/mol. The number of aliphatic hydroxyl groups is 1. The maximum Gasteiger partial charge on any atom is 0.267 e. The molecule has 0 aliphatic carbocycles. The normalized spacial score (nSPS) is 15.4. The number of unbranched alkanes of at least 4 members (excludes halogenated alkanes) is 3. The van der Waals surface area contributed by atoms with Crippen LogP contribution in [-0.2, 0) is 10.1 Å². The van der Waals surface area contributed by atoms with Gasteiger partial charge in [0.15, 0.2) is 0 Å². The molecule has 0 heterocycles. The second-order valence-electron chi connectivity index (χ2n) is 5.36. The largest absolute Gasteiger partial charge is 0.393 e. The van der Waals surface area contributed by atoms with Crippen molar-refractivity contribution in [2.45, 2.75) is 89.4 Å². The summed E-state index contributed by atoms with van der Waals surface area (Å²) >= 11 is 0. The van der Waals surface area contributed by atoms with Gasteiger partial charge >= 0.3 is 0 Å². The summed E-state index contributed by atoms with van der Waals surface area (Å²) in [5, 5.41) is 8.96. The molecule has 0 aromatic carbocycles. The molecule has 0 bridgehead atoms. The zero-order chi connectivity index (χ0) is 14.7. The van der Waals surface area contributed by atoms with Crippen molar-refractivity contribution in [2.75, 3.05) is 0 Å². The second-order valence-corrected chi connectivity index (χ2v) is 7.06. The first-order valence-electron chi connectivity index (χ1n) is 7.56. The molecule has 116 valence electrons. The van der Waals surface area contributed by atoms with Crippen LogP contribution in [0.1, 0.15) is 78.1 Å². The molecule has 2 unspecified atom stereocenters. The monoisotopic (exact) mass is 294 g/mol. The standard InChI is InChI=1S/C14H30O4S/c1-3-5-11-14(19(16,17)18)12-8-6-7-10-13(15)9-4-2/h13-15H,3-12H2,1-2H3,(H,16,17,18). The van der Waals surface area contributed by atoms with Crippen molar-refractivity contribution in [3.63, 3.8) is 0 Å². The predicted octanol–water partition coefficient (Wildman–Crippen LogP) is 3.54. The zero-order valence-corrected chi connectivity index (χ0v) is 13.2. The van der Waals surface area contributed by atoms with Gasteiger partial charge in [0.1, 0.15) is 0 Å². The van der Waals surface area contributed by atoms with Crippen LogP contribution in [0.3, 0.4) is 0 Å². The van der Waals surface area contributed by atoms with E-state index in [0.29, 0.717) is 12.8 Å². The second kappa shape index (κ2) is 10.6. The van der Waals surface area contributed by atoms with Crippen LogP contribution < -0.4 is 0 Å². The van der Waals surface area contributed by atoms with E-state index in [9.17, 15) is 13.5 Å². The fourth-order valence-electron chi connectivity index (χ4n) is 2.28. The third-order valence-electron chi connectivity index (χ3n) is 3.49. The molecule has 4 nitrogen and oxygen atoms in total. The van der Waals surface area contributed by atoms with Gasteiger partial charge in [0.05, 0.1) is 11.4 Å². The van der Waals surface area contributed by atoms with Gasteiger partial charge in [-0.2, -0.15) is 8.42 Å². The van der Waals surface area contributed by atoms with E-state index in [0.717, 1.165) is 51.4 Å². The summed E-state index contributed by atoms with van der Waals surface area (Å²) < 4.78 is 31.6. The highest BCUT2D eigenvalue weighted by atomic mass is 32.2. The Balaban J connectivity index is 3.81. The Morgan fingerprint density at radius 1 is 0.842 bits per heavy atom. The van der Waals surface area contributed by atoms with E-state index in [2.05, 4.69) is 0 Å². The maximum absolute atomic E-state index is 11.2. The molecule has 2 N–H and O–H groups in total. The number of rotatable bonds is 12. The molecule has 5 heteroatoms. The summed E-state index contributed by atoms with van der Waals surface area (Å²) in [7, 11) is -3.90. The average Bonchev–Trinajstić information content (AvgIpc) is 2.31. The van der Waals surface area contributed by atoms with Crippen LogP contribution >= 0.6 is 0 Å². The van der Waals surface area contributed by atoms with Crippen molar-refractivity contribution in [1.29, 1.82) is 0 Å². The van der Waals surface area contributed by atoms with Gasteiger partial charge in [-0.1, -0.05) is 52.4 Å². The molecule has 0 radical (unpaired) electrons. The van der Waals surface area contributed by atoms with Gasteiger partial charge in [0, 0.05) is 0 Å². The third kappa shape index (κ3) is 10.3. The molecule has 0 amide bonds. The van der Waals surface area contributed by atoms with Gasteiger partial charge < -0.3 is 5.11 Å². The van der Waals surface area contributed by atoms with Gasteiger partial charge in [0.2, 0.25) is 0 Å². The Hall–Kier alpha value is -0.130. The quantitative estimate of drug-likeness (QED) is 0.426. The van der Waals surface area contributed by atoms with Crippen LogP contribution in [0.5, 0.6) is 0 Å². The van der Waals surface area contributed by atoms with Gasteiger partial charge in [-0.3, -0.25) is 4.55 Å². The SMILES string of the molecule is CCCCC(CCCCCC(O)CCC)S(=O)(=O)O. The van der Waals surface area contributed by atoms with Gasteiger partial charge in [-0.25, -0.2) is 0 Å². The Kier molecular flexibility index (Phi) is 10.6. The zero-order valence-electron chi connectivity index (χ0n) is 12.3. The van der Waals surface area contributed by atoms with E-state index < -0.39 is 15.4 Å². The van der Waals surface area contributed by atoms with Crippen LogP contribution in [0.25, 0.3) is 0 Å². The highest BCUT2D eigenvalue weighted by molar-refractivity contribution is 7.86. The van der Waals surface area contributed by atoms with E-state index in [1.165, 1.54) is 0 Å². The van der Waals surface area contributed by atoms with E-state index in [-0.39, 0.29) is 6.10 Å². The Bertz CT molecular complexity index is 301. The van der Waals surface area contributed by atoms with E-state index in [1.54, 1.807) is 0 Å². The molecule has 19 heavy (non-hydrogen) atoms. The first-order valence-corrected chi connectivity index (χ1v) is 9.06. The number of hydrogen-bond acceptors (Lipinski definition) is 3. The lowest BCUT2D eigenvalue weighted by atomic mass is 10.0. The van der Waals surface area contributed by atoms with Crippen LogP contribution in [0.15, 0.2) is 0 Å². The molecule has 0 saturated heterocycles. The molecule has 0 aromatic rings. The lowest BCUT2D eigenvalue weighted by Gasteiger charge is -2.13. The van der Waals surface area contributed by atoms with Crippen LogP contribution in [-0.4, -0.2) is 29.4 Å². The Morgan fingerprint density at radius 3 is 1.95 bits per heavy atom. The molecule has 0 fully saturated rings. The molecule has 0 aliphatic heterocycles. The lowest BCUT2D eigenvalue weighted by molar-refractivity contribution is 0.150. The summed E-state index contributed by atoms with van der Waals surface area (Å²) in [6.07, 6.45) is 7.89. The van der Waals surface area contributed by atoms with Crippen molar-refractivity contribution in [2.24, 2.45) is 0 Å². The van der Waals surface area contributed by atoms with Crippen molar-refractivity contribution >= 4 is 10.1 Å². The minimum atomic E-state index is -3.90. The van der Waals surface area contributed by atoms with Crippen LogP contribution in [0, 0.1) is 0 Å². The Labute approximate surface area is 118 Å². The first kappa shape index (κ1) is 18.9. The molecule has 0 spiro atoms. The summed E-state index contributed by atoms with van der Waals surface area (Å²) in [6, 6.07) is 0. The molecule has 0 rings (SSSR count). The summed E-state index contributed by atoms with van der Waals surface area (Å²) in [6.45, 7) is 4.06. The van der Waals surface area contributed by atoms with Crippen LogP contribution in [0.2, 0.25) is 0 Å². The topological polar surface area (TPSA) is 74.6 Å². The molecule has 0 aliphatic rings. The molecule has 0 saturated carbocycles. The van der Waals surface area contributed by atoms with Gasteiger partial charge in [-0.05, 0) is 25.7 Å². The average molecular weight is 294 g/mol. The smallest absolute Gasteiger partial charge is 0.267 e. The van der Waals surface area contributed by atoms with Gasteiger partial charge in [-0.15, -0.1) is 0 Å². The third-order valence-corrected chi connectivity index (χ3v) is 4.80. The van der Waals surface area contributed by atoms with Crippen molar-refractivity contribution in [1.82, 2.24) is 0 Å². The summed E-state index contributed by atoms with van der Waals surface area (Å²) in [4.78, 5) is 0. The summed E-state index contributed by atoms with van der Waals surface area (Å²) in [5.41, 5.74) is 0. The summed E-state index contributed by atoms with van der Waals surface area (Å²) in [5.74, 6) is 0. The fourth-order valence-corrected chi connectivity index (χ4v) is 3.21. The highest BCUT2D eigenvalue weighted by Crippen LogP contribution is 2.18. The van der Waals surface area contributed by atoms with Crippen molar-refractivity contribution in [3.05, 3.63) is 0 Å². The van der Waals surface area contributed by atoms with E-state index in [1.807, 2.05) is 13.8 Å². The highest BCUT2D eigenvalue weighted by Gasteiger charge is 2.21. The molecule has 0 aromatic heterocycles. The minimum Gasteiger partial charge on any atom is -0.393 e. The first-order chi connectivity index (χ1) is 8.91. The number of aliphatic hydroxyl groups excluding tert-OH is 1. The minimum absolute atomic E-state index is 0.220. The fraction of sp³-hybridized carbons (Fsp3) is 1.00. The van der Waals surface area contributed by atoms with E-state index in [4.69, 9.17) is 4.55 Å². The number of hydrogen-bond donors (Lipinski definition) is 2. The van der Waals surface area contributed by atoms with Crippen molar-refractivity contribution < 1.29 is 18.1 Å². The van der Waals surface area contributed by atoms with E-state index >= 15 is 0 Å². The molecular formula is C14H30O4S. The Morgan fingerprint density at radius 2 is 1.42 bits per heavy atom. The lowest BCUT2D eigenvalue weighted by Crippen LogP contribution is -2.20.